The van der Waals surface area contributed by atoms with Gasteiger partial charge in [-0.2, -0.15) is 0 Å². The molecule has 2 unspecified atom stereocenters. The van der Waals surface area contributed by atoms with Crippen molar-refractivity contribution in [2.45, 2.75) is 334 Å². The number of aliphatic hydroxyl groups is 2. The van der Waals surface area contributed by atoms with Gasteiger partial charge in [-0.05, 0) is 32.1 Å². The van der Waals surface area contributed by atoms with Gasteiger partial charge in [0.25, 0.3) is 0 Å². The van der Waals surface area contributed by atoms with Crippen LogP contribution in [0, 0.1) is 0 Å². The lowest BCUT2D eigenvalue weighted by molar-refractivity contribution is -0.143. The molecular weight excluding hydrogens is 791 g/mol. The minimum absolute atomic E-state index is 0.0145. The van der Waals surface area contributed by atoms with Crippen LogP contribution in [0.5, 0.6) is 0 Å². The molecule has 0 rings (SSSR count). The summed E-state index contributed by atoms with van der Waals surface area (Å²) < 4.78 is 5.49. The molecule has 0 aliphatic heterocycles. The van der Waals surface area contributed by atoms with Gasteiger partial charge in [0.05, 0.1) is 25.4 Å². The molecule has 0 fully saturated rings. The number of nitrogens with one attached hydrogen (secondary N) is 1. The highest BCUT2D eigenvalue weighted by Crippen LogP contribution is 2.17. The molecule has 0 aromatic carbocycles. The van der Waals surface area contributed by atoms with E-state index in [-0.39, 0.29) is 18.5 Å². The number of hydrogen-bond donors (Lipinski definition) is 3. The molecule has 0 saturated carbocycles. The van der Waals surface area contributed by atoms with Crippen molar-refractivity contribution in [1.82, 2.24) is 5.32 Å². The lowest BCUT2D eigenvalue weighted by Crippen LogP contribution is -2.45. The molecule has 0 saturated heterocycles. The summed E-state index contributed by atoms with van der Waals surface area (Å²) in [6.07, 6.45) is 63.8. The maximum atomic E-state index is 12.4. The Labute approximate surface area is 399 Å². The SMILES string of the molecule is CCCCCCCCCCC/C=C/C(O)C(CO)NC(=O)CCCCCCCCCCCCCCCCCCCCCCCOC(=O)CCCCCCCCCCCCCCCCC. The number of rotatable bonds is 54. The number of aliphatic hydroxyl groups excluding tert-OH is 2. The van der Waals surface area contributed by atoms with Crippen molar-refractivity contribution in [2.75, 3.05) is 13.2 Å². The molecule has 64 heavy (non-hydrogen) atoms. The van der Waals surface area contributed by atoms with E-state index in [0.29, 0.717) is 19.4 Å². The number of amides is 1. The van der Waals surface area contributed by atoms with Crippen LogP contribution < -0.4 is 5.32 Å². The minimum Gasteiger partial charge on any atom is -0.466 e. The van der Waals surface area contributed by atoms with Crippen molar-refractivity contribution in [3.8, 4) is 0 Å². The fourth-order valence-corrected chi connectivity index (χ4v) is 9.11. The van der Waals surface area contributed by atoms with Crippen molar-refractivity contribution in [3.63, 3.8) is 0 Å². The summed E-state index contributed by atoms with van der Waals surface area (Å²) in [5.41, 5.74) is 0. The third kappa shape index (κ3) is 50.0. The van der Waals surface area contributed by atoms with E-state index in [1.54, 1.807) is 6.08 Å². The van der Waals surface area contributed by atoms with Crippen LogP contribution in [0.4, 0.5) is 0 Å². The fraction of sp³-hybridized carbons (Fsp3) is 0.931. The number of carbonyl (C=O) groups excluding carboxylic acids is 2. The zero-order valence-electron chi connectivity index (χ0n) is 43.3. The molecule has 0 radical (unpaired) electrons. The molecule has 1 amide bonds. The van der Waals surface area contributed by atoms with Crippen LogP contribution in [-0.2, 0) is 14.3 Å². The molecule has 2 atom stereocenters. The Morgan fingerprint density at radius 1 is 0.422 bits per heavy atom. The molecule has 6 nitrogen and oxygen atoms in total. The lowest BCUT2D eigenvalue weighted by Gasteiger charge is -2.20. The number of ether oxygens (including phenoxy) is 1. The van der Waals surface area contributed by atoms with Crippen LogP contribution in [0.25, 0.3) is 0 Å². The monoisotopic (exact) mass is 904 g/mol. The maximum absolute atomic E-state index is 12.4. The summed E-state index contributed by atoms with van der Waals surface area (Å²) in [4.78, 5) is 24.5. The molecule has 0 aromatic rings. The zero-order chi connectivity index (χ0) is 46.5. The first-order valence-corrected chi connectivity index (χ1v) is 29.0. The third-order valence-electron chi connectivity index (χ3n) is 13.6. The van der Waals surface area contributed by atoms with Crippen LogP contribution in [0.2, 0.25) is 0 Å². The van der Waals surface area contributed by atoms with Crippen molar-refractivity contribution < 1.29 is 24.5 Å². The van der Waals surface area contributed by atoms with Gasteiger partial charge >= 0.3 is 5.97 Å². The van der Waals surface area contributed by atoms with Gasteiger partial charge < -0.3 is 20.3 Å². The summed E-state index contributed by atoms with van der Waals surface area (Å²) in [7, 11) is 0. The Morgan fingerprint density at radius 2 is 0.719 bits per heavy atom. The van der Waals surface area contributed by atoms with E-state index < -0.39 is 12.1 Å². The second kappa shape index (κ2) is 54.2. The number of allylic oxidation sites excluding steroid dienone is 1. The van der Waals surface area contributed by atoms with Gasteiger partial charge in [0.2, 0.25) is 5.91 Å². The van der Waals surface area contributed by atoms with Gasteiger partial charge in [0, 0.05) is 12.8 Å². The first-order valence-electron chi connectivity index (χ1n) is 29.0. The Hall–Kier alpha value is -1.40. The first kappa shape index (κ1) is 62.6. The Balaban J connectivity index is 3.37. The Bertz CT molecular complexity index is 955. The number of hydrogen-bond acceptors (Lipinski definition) is 5. The van der Waals surface area contributed by atoms with Crippen LogP contribution in [0.3, 0.4) is 0 Å². The predicted molar refractivity (Wildman–Crippen MR) is 278 cm³/mol. The molecular formula is C58H113NO5. The molecule has 0 spiro atoms. The second-order valence-electron chi connectivity index (χ2n) is 20.0. The van der Waals surface area contributed by atoms with E-state index >= 15 is 0 Å². The van der Waals surface area contributed by atoms with Crippen LogP contribution in [-0.4, -0.2) is 47.4 Å². The highest BCUT2D eigenvalue weighted by molar-refractivity contribution is 5.76. The van der Waals surface area contributed by atoms with Gasteiger partial charge in [0.1, 0.15) is 0 Å². The molecule has 0 aromatic heterocycles. The normalized spacial score (nSPS) is 12.6. The van der Waals surface area contributed by atoms with Crippen molar-refractivity contribution >= 4 is 11.9 Å². The molecule has 0 bridgehead atoms. The van der Waals surface area contributed by atoms with E-state index in [2.05, 4.69) is 19.2 Å². The third-order valence-corrected chi connectivity index (χ3v) is 13.6. The van der Waals surface area contributed by atoms with E-state index in [4.69, 9.17) is 4.74 Å². The standard InChI is InChI=1S/C58H113NO5/c1-3-5-7-9-11-13-15-16-24-28-32-36-40-44-48-52-58(63)64-53-49-45-41-37-33-29-26-23-21-19-17-18-20-22-25-27-31-35-39-43-47-51-57(62)59-55(54-60)56(61)50-46-42-38-34-30-14-12-10-8-6-4-2/h46,50,55-56,60-61H,3-45,47-49,51-54H2,1-2H3,(H,59,62)/b50-46+. The maximum Gasteiger partial charge on any atom is 0.305 e. The smallest absolute Gasteiger partial charge is 0.305 e. The number of unbranched alkanes of at least 4 members (excludes halogenated alkanes) is 43. The Kier molecular flexibility index (Phi) is 53.0. The quantitative estimate of drug-likeness (QED) is 0.0321. The van der Waals surface area contributed by atoms with Crippen molar-refractivity contribution in [1.29, 1.82) is 0 Å². The molecule has 0 heterocycles. The Morgan fingerprint density at radius 3 is 1.06 bits per heavy atom. The average molecular weight is 905 g/mol. The van der Waals surface area contributed by atoms with Crippen LogP contribution >= 0.6 is 0 Å². The van der Waals surface area contributed by atoms with Gasteiger partial charge in [0.15, 0.2) is 0 Å². The zero-order valence-corrected chi connectivity index (χ0v) is 43.3. The molecule has 3 N–H and O–H groups in total. The van der Waals surface area contributed by atoms with E-state index in [9.17, 15) is 19.8 Å². The molecule has 0 aliphatic rings. The van der Waals surface area contributed by atoms with Crippen LogP contribution in [0.15, 0.2) is 12.2 Å². The first-order chi connectivity index (χ1) is 31.5. The molecule has 6 heteroatoms. The fourth-order valence-electron chi connectivity index (χ4n) is 9.11. The highest BCUT2D eigenvalue weighted by atomic mass is 16.5. The van der Waals surface area contributed by atoms with Crippen LogP contribution in [0.1, 0.15) is 322 Å². The van der Waals surface area contributed by atoms with Gasteiger partial charge in [-0.15, -0.1) is 0 Å². The van der Waals surface area contributed by atoms with E-state index in [0.717, 1.165) is 38.5 Å². The summed E-state index contributed by atoms with van der Waals surface area (Å²) in [5, 5.41) is 23.0. The van der Waals surface area contributed by atoms with Crippen molar-refractivity contribution in [3.05, 3.63) is 12.2 Å². The second-order valence-corrected chi connectivity index (χ2v) is 20.0. The van der Waals surface area contributed by atoms with Gasteiger partial charge in [-0.1, -0.05) is 289 Å². The van der Waals surface area contributed by atoms with E-state index in [1.807, 2.05) is 6.08 Å². The number of carbonyl (C=O) groups is 2. The van der Waals surface area contributed by atoms with Crippen molar-refractivity contribution in [2.24, 2.45) is 0 Å². The average Bonchev–Trinajstić information content (AvgIpc) is 3.29. The van der Waals surface area contributed by atoms with E-state index in [1.165, 1.54) is 257 Å². The number of esters is 1. The summed E-state index contributed by atoms with van der Waals surface area (Å²) in [6, 6.07) is -0.626. The summed E-state index contributed by atoms with van der Waals surface area (Å²) in [5.74, 6) is -0.0545. The van der Waals surface area contributed by atoms with Gasteiger partial charge in [-0.25, -0.2) is 0 Å². The molecule has 0 aliphatic carbocycles. The summed E-state index contributed by atoms with van der Waals surface area (Å²) in [6.45, 7) is 4.91. The van der Waals surface area contributed by atoms with Gasteiger partial charge in [-0.3, -0.25) is 9.59 Å². The lowest BCUT2D eigenvalue weighted by atomic mass is 10.0. The highest BCUT2D eigenvalue weighted by Gasteiger charge is 2.18. The largest absolute Gasteiger partial charge is 0.466 e. The topological polar surface area (TPSA) is 95.9 Å². The minimum atomic E-state index is -0.842. The molecule has 380 valence electrons. The summed E-state index contributed by atoms with van der Waals surface area (Å²) >= 11 is 0. The predicted octanol–water partition coefficient (Wildman–Crippen LogP) is 17.7.